The van der Waals surface area contributed by atoms with Gasteiger partial charge < -0.3 is 10.2 Å². The maximum Gasteiger partial charge on any atom is 0.231 e. The van der Waals surface area contributed by atoms with Crippen LogP contribution in [0.15, 0.2) is 42.7 Å². The first-order valence-corrected chi connectivity index (χ1v) is 9.16. The molecule has 0 atom stereocenters. The van der Waals surface area contributed by atoms with Gasteiger partial charge in [-0.15, -0.1) is 0 Å². The lowest BCUT2D eigenvalue weighted by Gasteiger charge is -2.14. The number of carbonyl (C=O) groups is 1. The van der Waals surface area contributed by atoms with Crippen molar-refractivity contribution in [2.75, 3.05) is 17.3 Å². The number of pyridine rings is 1. The molecule has 27 heavy (non-hydrogen) atoms. The van der Waals surface area contributed by atoms with Crippen LogP contribution in [0.2, 0.25) is 0 Å². The number of carbonyl (C=O) groups excluding carboxylic acids is 1. The molecule has 1 aliphatic heterocycles. The minimum absolute atomic E-state index is 0.130. The summed E-state index contributed by atoms with van der Waals surface area (Å²) in [5.41, 5.74) is 6.26. The van der Waals surface area contributed by atoms with Crippen molar-refractivity contribution in [3.05, 3.63) is 59.5 Å². The van der Waals surface area contributed by atoms with E-state index in [0.29, 0.717) is 6.42 Å². The lowest BCUT2D eigenvalue weighted by Crippen LogP contribution is -2.20. The van der Waals surface area contributed by atoms with Gasteiger partial charge in [0.1, 0.15) is 5.82 Å². The smallest absolute Gasteiger partial charge is 0.231 e. The van der Waals surface area contributed by atoms with E-state index in [1.165, 1.54) is 5.56 Å². The van der Waals surface area contributed by atoms with E-state index in [4.69, 9.17) is 9.97 Å². The lowest BCUT2D eigenvalue weighted by atomic mass is 10.1. The molecule has 3 heterocycles. The number of nitrogens with zero attached hydrogens (tertiary/aromatic N) is 4. The van der Waals surface area contributed by atoms with E-state index < -0.39 is 0 Å². The number of rotatable bonds is 3. The molecule has 0 unspecified atom stereocenters. The van der Waals surface area contributed by atoms with E-state index in [1.807, 2.05) is 37.4 Å². The number of fused-ring (bicyclic) bond motifs is 2. The Balaban J connectivity index is 1.53. The fourth-order valence-corrected chi connectivity index (χ4v) is 3.85. The minimum atomic E-state index is 0.130. The second-order valence-electron chi connectivity index (χ2n) is 7.01. The number of hydrogen-bond acceptors (Lipinski definition) is 5. The summed E-state index contributed by atoms with van der Waals surface area (Å²) in [6.45, 7) is 0. The fraction of sp³-hybridized carbons (Fsp3) is 0.238. The highest BCUT2D eigenvalue weighted by molar-refractivity contribution is 6.01. The molecule has 1 N–H and O–H groups in total. The number of anilines is 3. The zero-order valence-electron chi connectivity index (χ0n) is 15.1. The van der Waals surface area contributed by atoms with Gasteiger partial charge in [0.05, 0.1) is 6.42 Å². The molecule has 2 aromatic heterocycles. The summed E-state index contributed by atoms with van der Waals surface area (Å²) < 4.78 is 0. The summed E-state index contributed by atoms with van der Waals surface area (Å²) in [6.07, 6.45) is 7.03. The van der Waals surface area contributed by atoms with Gasteiger partial charge in [0.2, 0.25) is 5.91 Å². The van der Waals surface area contributed by atoms with Crippen molar-refractivity contribution in [1.82, 2.24) is 15.0 Å². The molecule has 0 spiro atoms. The molecule has 3 aromatic rings. The molecule has 0 fully saturated rings. The summed E-state index contributed by atoms with van der Waals surface area (Å²) in [7, 11) is 1.82. The van der Waals surface area contributed by atoms with Crippen molar-refractivity contribution in [2.45, 2.75) is 25.7 Å². The number of benzene rings is 1. The van der Waals surface area contributed by atoms with Gasteiger partial charge in [-0.1, -0.05) is 0 Å². The van der Waals surface area contributed by atoms with Gasteiger partial charge in [-0.25, -0.2) is 9.97 Å². The number of aromatic nitrogens is 3. The van der Waals surface area contributed by atoms with Gasteiger partial charge in [-0.05, 0) is 55.2 Å². The van der Waals surface area contributed by atoms with Crippen LogP contribution in [0.25, 0.3) is 11.4 Å². The Morgan fingerprint density at radius 3 is 2.78 bits per heavy atom. The Bertz CT molecular complexity index is 1050. The highest BCUT2D eigenvalue weighted by Crippen LogP contribution is 2.34. The molecule has 5 rings (SSSR count). The van der Waals surface area contributed by atoms with Crippen LogP contribution in [0.4, 0.5) is 17.2 Å². The largest absolute Gasteiger partial charge is 0.340 e. The maximum atomic E-state index is 11.9. The second-order valence-corrected chi connectivity index (χ2v) is 7.01. The van der Waals surface area contributed by atoms with Crippen molar-refractivity contribution < 1.29 is 4.79 Å². The predicted octanol–water partition coefficient (Wildman–Crippen LogP) is 3.29. The van der Waals surface area contributed by atoms with Gasteiger partial charge in [-0.3, -0.25) is 9.78 Å². The monoisotopic (exact) mass is 357 g/mol. The van der Waals surface area contributed by atoms with Crippen LogP contribution in [0.1, 0.15) is 23.2 Å². The zero-order chi connectivity index (χ0) is 18.4. The van der Waals surface area contributed by atoms with E-state index >= 15 is 0 Å². The Hall–Kier alpha value is -3.28. The number of likely N-dealkylation sites (N-methyl/N-ethyl adjacent to an activating group) is 1. The van der Waals surface area contributed by atoms with Crippen LogP contribution in [0.3, 0.4) is 0 Å². The molecule has 6 nitrogen and oxygen atoms in total. The van der Waals surface area contributed by atoms with E-state index in [0.717, 1.165) is 59.1 Å². The molecular weight excluding hydrogens is 338 g/mol. The van der Waals surface area contributed by atoms with Crippen LogP contribution in [-0.2, 0) is 24.1 Å². The molecule has 2 aliphatic rings. The molecule has 6 heteroatoms. The van der Waals surface area contributed by atoms with Crippen LogP contribution >= 0.6 is 0 Å². The molecule has 0 bridgehead atoms. The zero-order valence-corrected chi connectivity index (χ0v) is 15.1. The minimum Gasteiger partial charge on any atom is -0.340 e. The maximum absolute atomic E-state index is 11.9. The number of amides is 1. The number of nitrogens with one attached hydrogen (secondary N) is 1. The summed E-state index contributed by atoms with van der Waals surface area (Å²) in [5.74, 6) is 1.71. The first-order chi connectivity index (χ1) is 13.2. The molecule has 1 aliphatic carbocycles. The van der Waals surface area contributed by atoms with E-state index in [1.54, 1.807) is 17.3 Å². The summed E-state index contributed by atoms with van der Waals surface area (Å²) in [4.78, 5) is 27.3. The van der Waals surface area contributed by atoms with Crippen LogP contribution in [0, 0.1) is 0 Å². The molecule has 1 amide bonds. The Labute approximate surface area is 157 Å². The molecule has 0 radical (unpaired) electrons. The Morgan fingerprint density at radius 2 is 1.93 bits per heavy atom. The topological polar surface area (TPSA) is 71.0 Å². The van der Waals surface area contributed by atoms with E-state index in [2.05, 4.69) is 10.3 Å². The van der Waals surface area contributed by atoms with Crippen molar-refractivity contribution in [3.8, 4) is 11.4 Å². The standard InChI is InChI=1S/C21H19N5O/c1-26-18-6-5-15(11-14(18)12-19(26)27)23-21-16-3-2-4-17(16)24-20(25-21)13-7-9-22-10-8-13/h5-11H,2-4,12H2,1H3,(H,23,24,25). The molecule has 0 saturated carbocycles. The van der Waals surface area contributed by atoms with Gasteiger partial charge in [0, 0.05) is 47.6 Å². The van der Waals surface area contributed by atoms with Crippen molar-refractivity contribution in [2.24, 2.45) is 0 Å². The van der Waals surface area contributed by atoms with Gasteiger partial charge in [0.15, 0.2) is 5.82 Å². The van der Waals surface area contributed by atoms with Gasteiger partial charge in [-0.2, -0.15) is 0 Å². The Morgan fingerprint density at radius 1 is 1.07 bits per heavy atom. The third-order valence-electron chi connectivity index (χ3n) is 5.29. The molecular formula is C21H19N5O. The highest BCUT2D eigenvalue weighted by Gasteiger charge is 2.25. The Kier molecular flexibility index (Phi) is 3.63. The SMILES string of the molecule is CN1C(=O)Cc2cc(Nc3nc(-c4ccncc4)nc4c3CCC4)ccc21. The molecule has 1 aromatic carbocycles. The third kappa shape index (κ3) is 2.73. The van der Waals surface area contributed by atoms with Crippen molar-refractivity contribution in [1.29, 1.82) is 0 Å². The summed E-state index contributed by atoms with van der Waals surface area (Å²) in [5, 5.41) is 3.48. The lowest BCUT2D eigenvalue weighted by molar-refractivity contribution is -0.117. The fourth-order valence-electron chi connectivity index (χ4n) is 3.85. The second kappa shape index (κ2) is 6.16. The third-order valence-corrected chi connectivity index (χ3v) is 5.29. The summed E-state index contributed by atoms with van der Waals surface area (Å²) in [6, 6.07) is 9.90. The normalized spacial score (nSPS) is 15.0. The van der Waals surface area contributed by atoms with Crippen LogP contribution in [0.5, 0.6) is 0 Å². The van der Waals surface area contributed by atoms with Crippen LogP contribution < -0.4 is 10.2 Å². The predicted molar refractivity (Wildman–Crippen MR) is 104 cm³/mol. The molecule has 0 saturated heterocycles. The summed E-state index contributed by atoms with van der Waals surface area (Å²) >= 11 is 0. The first-order valence-electron chi connectivity index (χ1n) is 9.16. The average Bonchev–Trinajstić information content (AvgIpc) is 3.27. The number of hydrogen-bond donors (Lipinski definition) is 1. The highest BCUT2D eigenvalue weighted by atomic mass is 16.2. The van der Waals surface area contributed by atoms with Gasteiger partial charge >= 0.3 is 0 Å². The average molecular weight is 357 g/mol. The van der Waals surface area contributed by atoms with Crippen molar-refractivity contribution in [3.63, 3.8) is 0 Å². The van der Waals surface area contributed by atoms with Gasteiger partial charge in [0.25, 0.3) is 0 Å². The quantitative estimate of drug-likeness (QED) is 0.779. The molecule has 134 valence electrons. The van der Waals surface area contributed by atoms with E-state index in [-0.39, 0.29) is 5.91 Å². The van der Waals surface area contributed by atoms with Crippen LogP contribution in [-0.4, -0.2) is 27.9 Å². The van der Waals surface area contributed by atoms with Crippen molar-refractivity contribution >= 4 is 23.1 Å². The first kappa shape index (κ1) is 15.9. The number of aryl methyl sites for hydroxylation is 1. The van der Waals surface area contributed by atoms with E-state index in [9.17, 15) is 4.79 Å².